The van der Waals surface area contributed by atoms with E-state index >= 15 is 0 Å². The van der Waals surface area contributed by atoms with Crippen molar-refractivity contribution < 1.29 is 22.1 Å². The Morgan fingerprint density at radius 2 is 1.73 bits per heavy atom. The lowest BCUT2D eigenvalue weighted by Crippen LogP contribution is -3.00. The summed E-state index contributed by atoms with van der Waals surface area (Å²) in [7, 11) is 1.68. The van der Waals surface area contributed by atoms with Crippen LogP contribution in [-0.2, 0) is 0 Å². The molecule has 0 atom stereocenters. The first-order valence-electron chi connectivity index (χ1n) is 7.01. The van der Waals surface area contributed by atoms with Gasteiger partial charge in [0.1, 0.15) is 5.75 Å². The quantitative estimate of drug-likeness (QED) is 0.784. The van der Waals surface area contributed by atoms with Crippen LogP contribution in [0, 0.1) is 13.8 Å². The van der Waals surface area contributed by atoms with E-state index in [-0.39, 0.29) is 12.4 Å². The molecular weight excluding hydrogens is 296 g/mol. The maximum Gasteiger partial charge on any atom is 0.216 e. The number of benzene rings is 2. The number of aromatic amines is 1. The van der Waals surface area contributed by atoms with Crippen LogP contribution < -0.4 is 27.4 Å². The molecule has 0 radical (unpaired) electrons. The predicted molar refractivity (Wildman–Crippen MR) is 86.3 cm³/mol. The average Bonchev–Trinajstić information content (AvgIpc) is 2.49. The number of nitrogens with one attached hydrogen (secondary N) is 2. The number of ether oxygens (including phenoxy) is 1. The van der Waals surface area contributed by atoms with Crippen molar-refractivity contribution in [2.24, 2.45) is 0 Å². The standard InChI is InChI=1S/C18H18N2O.ClH/c1-12-5-4-6-16-17(11-13(2)19-18(12)16)20-14-7-9-15(21-3)10-8-14;/h4-11H,1-3H3,(H,19,20);1H. The first-order chi connectivity index (χ1) is 10.2. The van der Waals surface area contributed by atoms with Crippen molar-refractivity contribution in [2.75, 3.05) is 12.4 Å². The molecule has 3 rings (SSSR count). The van der Waals surface area contributed by atoms with Crippen LogP contribution in [0.15, 0.2) is 48.5 Å². The average molecular weight is 315 g/mol. The summed E-state index contributed by atoms with van der Waals surface area (Å²) in [6.07, 6.45) is 0. The minimum Gasteiger partial charge on any atom is -1.00 e. The second-order valence-corrected chi connectivity index (χ2v) is 5.22. The van der Waals surface area contributed by atoms with Gasteiger partial charge in [0.25, 0.3) is 0 Å². The molecule has 0 amide bonds. The number of pyridine rings is 1. The Hall–Kier alpha value is -2.26. The summed E-state index contributed by atoms with van der Waals surface area (Å²) in [6.45, 7) is 4.19. The third-order valence-corrected chi connectivity index (χ3v) is 3.62. The molecule has 1 aromatic heterocycles. The molecule has 0 unspecified atom stereocenters. The van der Waals surface area contributed by atoms with E-state index in [9.17, 15) is 0 Å². The molecule has 0 aliphatic rings. The van der Waals surface area contributed by atoms with Gasteiger partial charge in [0.2, 0.25) is 5.52 Å². The fourth-order valence-corrected chi connectivity index (χ4v) is 2.52. The second kappa shape index (κ2) is 6.67. The van der Waals surface area contributed by atoms with Crippen molar-refractivity contribution in [3.05, 3.63) is 59.8 Å². The first-order valence-corrected chi connectivity index (χ1v) is 7.01. The van der Waals surface area contributed by atoms with E-state index in [4.69, 9.17) is 4.74 Å². The molecule has 0 aliphatic carbocycles. The monoisotopic (exact) mass is 314 g/mol. The Kier molecular flexibility index (Phi) is 4.88. The van der Waals surface area contributed by atoms with Crippen LogP contribution >= 0.6 is 0 Å². The number of methoxy groups -OCH3 is 1. The van der Waals surface area contributed by atoms with E-state index in [1.54, 1.807) is 7.11 Å². The smallest absolute Gasteiger partial charge is 0.216 e. The number of anilines is 2. The minimum atomic E-state index is 0. The summed E-state index contributed by atoms with van der Waals surface area (Å²) >= 11 is 0. The van der Waals surface area contributed by atoms with Gasteiger partial charge >= 0.3 is 0 Å². The van der Waals surface area contributed by atoms with E-state index < -0.39 is 0 Å². The lowest BCUT2D eigenvalue weighted by molar-refractivity contribution is -0.354. The first kappa shape index (κ1) is 16.1. The Labute approximate surface area is 136 Å². The molecule has 22 heavy (non-hydrogen) atoms. The van der Waals surface area contributed by atoms with Gasteiger partial charge in [-0.15, -0.1) is 0 Å². The van der Waals surface area contributed by atoms with Gasteiger partial charge in [-0.05, 0) is 37.3 Å². The van der Waals surface area contributed by atoms with Gasteiger partial charge in [-0.3, -0.25) is 0 Å². The third kappa shape index (κ3) is 3.15. The number of hydrogen-bond donors (Lipinski definition) is 1. The highest BCUT2D eigenvalue weighted by Crippen LogP contribution is 2.27. The summed E-state index contributed by atoms with van der Waals surface area (Å²) in [5, 5.41) is 4.68. The fourth-order valence-electron chi connectivity index (χ4n) is 2.52. The Bertz CT molecular complexity index is 785. The molecular formula is C18H19ClN2O. The molecule has 0 spiro atoms. The van der Waals surface area contributed by atoms with Gasteiger partial charge in [0.15, 0.2) is 5.69 Å². The van der Waals surface area contributed by atoms with Gasteiger partial charge in [-0.1, -0.05) is 12.1 Å². The largest absolute Gasteiger partial charge is 1.00 e. The van der Waals surface area contributed by atoms with Gasteiger partial charge in [-0.2, -0.15) is 0 Å². The third-order valence-electron chi connectivity index (χ3n) is 3.62. The highest BCUT2D eigenvalue weighted by atomic mass is 35.5. The maximum absolute atomic E-state index is 5.19. The van der Waals surface area contributed by atoms with E-state index in [2.05, 4.69) is 48.4 Å². The molecule has 3 nitrogen and oxygen atoms in total. The second-order valence-electron chi connectivity index (χ2n) is 5.22. The maximum atomic E-state index is 5.19. The van der Waals surface area contributed by atoms with Crippen LogP contribution in [0.4, 0.5) is 11.4 Å². The number of hydrogen-bond acceptors (Lipinski definition) is 2. The van der Waals surface area contributed by atoms with Gasteiger partial charge in [-0.25, -0.2) is 4.98 Å². The van der Waals surface area contributed by atoms with Gasteiger partial charge < -0.3 is 22.5 Å². The lowest BCUT2D eigenvalue weighted by Gasteiger charge is -2.09. The molecule has 0 bridgehead atoms. The van der Waals surface area contributed by atoms with Crippen molar-refractivity contribution >= 4 is 22.3 Å². The molecule has 0 saturated carbocycles. The summed E-state index contributed by atoms with van der Waals surface area (Å²) in [5.41, 5.74) is 5.70. The summed E-state index contributed by atoms with van der Waals surface area (Å²) < 4.78 is 5.19. The van der Waals surface area contributed by atoms with Crippen LogP contribution in [0.3, 0.4) is 0 Å². The molecule has 4 heteroatoms. The van der Waals surface area contributed by atoms with Crippen molar-refractivity contribution in [3.8, 4) is 5.75 Å². The van der Waals surface area contributed by atoms with Gasteiger partial charge in [0.05, 0.1) is 18.2 Å². The lowest BCUT2D eigenvalue weighted by atomic mass is 10.1. The number of para-hydroxylation sites is 1. The molecule has 0 aliphatic heterocycles. The molecule has 1 heterocycles. The zero-order valence-electron chi connectivity index (χ0n) is 12.9. The number of rotatable bonds is 3. The van der Waals surface area contributed by atoms with Crippen molar-refractivity contribution in [3.63, 3.8) is 0 Å². The van der Waals surface area contributed by atoms with Crippen LogP contribution in [0.5, 0.6) is 5.75 Å². The van der Waals surface area contributed by atoms with E-state index in [1.165, 1.54) is 16.5 Å². The van der Waals surface area contributed by atoms with Crippen LogP contribution in [-0.4, -0.2) is 7.11 Å². The van der Waals surface area contributed by atoms with Crippen LogP contribution in [0.2, 0.25) is 0 Å². The number of fused-ring (bicyclic) bond motifs is 1. The normalized spacial score (nSPS) is 10.1. The van der Waals surface area contributed by atoms with Crippen LogP contribution in [0.1, 0.15) is 11.3 Å². The molecule has 114 valence electrons. The Morgan fingerprint density at radius 1 is 1.00 bits per heavy atom. The number of halogens is 1. The highest BCUT2D eigenvalue weighted by molar-refractivity contribution is 5.92. The molecule has 0 saturated heterocycles. The van der Waals surface area contributed by atoms with E-state index in [1.807, 2.05) is 24.3 Å². The fraction of sp³-hybridized carbons (Fsp3) is 0.167. The Morgan fingerprint density at radius 3 is 2.41 bits per heavy atom. The minimum absolute atomic E-state index is 0. The summed E-state index contributed by atoms with van der Waals surface area (Å²) in [6, 6.07) is 16.4. The van der Waals surface area contributed by atoms with Gasteiger partial charge in [0, 0.05) is 24.2 Å². The molecule has 2 aromatic carbocycles. The summed E-state index contributed by atoms with van der Waals surface area (Å²) in [5.74, 6) is 0.860. The van der Waals surface area contributed by atoms with Crippen molar-refractivity contribution in [1.82, 2.24) is 0 Å². The van der Waals surface area contributed by atoms with E-state index in [0.29, 0.717) is 0 Å². The number of aryl methyl sites for hydroxylation is 2. The van der Waals surface area contributed by atoms with E-state index in [0.717, 1.165) is 22.8 Å². The zero-order chi connectivity index (χ0) is 14.8. The highest BCUT2D eigenvalue weighted by Gasteiger charge is 2.11. The van der Waals surface area contributed by atoms with Crippen molar-refractivity contribution in [1.29, 1.82) is 0 Å². The van der Waals surface area contributed by atoms with Crippen molar-refractivity contribution in [2.45, 2.75) is 13.8 Å². The molecule has 2 N–H and O–H groups in total. The number of H-pyrrole nitrogens is 1. The topological polar surface area (TPSA) is 35.4 Å². The number of aromatic nitrogens is 1. The molecule has 3 aromatic rings. The molecule has 0 fully saturated rings. The van der Waals surface area contributed by atoms with Crippen LogP contribution in [0.25, 0.3) is 10.9 Å². The zero-order valence-corrected chi connectivity index (χ0v) is 13.7. The predicted octanol–water partition coefficient (Wildman–Crippen LogP) is 1.03. The summed E-state index contributed by atoms with van der Waals surface area (Å²) in [4.78, 5) is 3.44. The Balaban J connectivity index is 0.00000176. The SMILES string of the molecule is COc1ccc(Nc2cc(C)[nH+]c3c(C)cccc23)cc1.[Cl-].